The number of hydrogen-bond donors (Lipinski definition) is 1. The van der Waals surface area contributed by atoms with Crippen LogP contribution in [0.3, 0.4) is 0 Å². The van der Waals surface area contributed by atoms with Crippen LogP contribution >= 0.6 is 0 Å². The van der Waals surface area contributed by atoms with Crippen LogP contribution in [0.4, 0.5) is 0 Å². The summed E-state index contributed by atoms with van der Waals surface area (Å²) < 4.78 is 0. The molecule has 2 aliphatic carbocycles. The molecule has 2 saturated carbocycles. The highest BCUT2D eigenvalue weighted by Crippen LogP contribution is 2.56. The van der Waals surface area contributed by atoms with Crippen LogP contribution in [0.25, 0.3) is 0 Å². The Kier molecular flexibility index (Phi) is 3.33. The quantitative estimate of drug-likeness (QED) is 0.876. The van der Waals surface area contributed by atoms with E-state index < -0.39 is 0 Å². The van der Waals surface area contributed by atoms with Gasteiger partial charge in [-0.2, -0.15) is 4.80 Å². The fourth-order valence-corrected chi connectivity index (χ4v) is 4.17. The third-order valence-electron chi connectivity index (χ3n) is 5.02. The molecule has 5 heteroatoms. The minimum Gasteiger partial charge on any atom is -0.314 e. The van der Waals surface area contributed by atoms with Gasteiger partial charge in [0, 0.05) is 19.0 Å². The molecule has 0 amide bonds. The van der Waals surface area contributed by atoms with Gasteiger partial charge in [-0.25, -0.2) is 0 Å². The Hall–Kier alpha value is -0.970. The van der Waals surface area contributed by atoms with Crippen LogP contribution in [0.15, 0.2) is 0 Å². The maximum Gasteiger partial charge on any atom is 0.175 e. The molecule has 5 nitrogen and oxygen atoms in total. The Morgan fingerprint density at radius 1 is 1.42 bits per heavy atom. The van der Waals surface area contributed by atoms with Crippen LogP contribution in [0.5, 0.6) is 0 Å². The van der Waals surface area contributed by atoms with Crippen LogP contribution in [0.2, 0.25) is 0 Å². The monoisotopic (exact) mass is 263 g/mol. The van der Waals surface area contributed by atoms with E-state index in [2.05, 4.69) is 34.6 Å². The van der Waals surface area contributed by atoms with E-state index in [1.807, 2.05) is 7.05 Å². The molecule has 1 heterocycles. The topological polar surface area (TPSA) is 55.6 Å². The molecular weight excluding hydrogens is 238 g/mol. The van der Waals surface area contributed by atoms with Crippen molar-refractivity contribution in [3.05, 3.63) is 5.82 Å². The predicted octanol–water partition coefficient (Wildman–Crippen LogP) is 1.56. The lowest BCUT2D eigenvalue weighted by molar-refractivity contribution is 0.149. The second-order valence-electron chi connectivity index (χ2n) is 6.85. The smallest absolute Gasteiger partial charge is 0.175 e. The first-order valence-corrected chi connectivity index (χ1v) is 7.54. The minimum absolute atomic E-state index is 0.371. The Bertz CT molecular complexity index is 441. The third kappa shape index (κ3) is 2.53. The zero-order valence-corrected chi connectivity index (χ0v) is 12.3. The van der Waals surface area contributed by atoms with Crippen molar-refractivity contribution in [1.29, 1.82) is 0 Å². The molecule has 1 aromatic rings. The lowest BCUT2D eigenvalue weighted by Gasteiger charge is -2.38. The normalized spacial score (nSPS) is 33.5. The second kappa shape index (κ2) is 4.85. The van der Waals surface area contributed by atoms with Crippen LogP contribution in [0, 0.1) is 17.3 Å². The van der Waals surface area contributed by atoms with E-state index in [0.717, 1.165) is 30.6 Å². The summed E-state index contributed by atoms with van der Waals surface area (Å²) in [4.78, 5) is 1.58. The third-order valence-corrected chi connectivity index (χ3v) is 5.02. The summed E-state index contributed by atoms with van der Waals surface area (Å²) >= 11 is 0. The van der Waals surface area contributed by atoms with Crippen LogP contribution in [-0.2, 0) is 13.5 Å². The fourth-order valence-electron chi connectivity index (χ4n) is 4.17. The molecule has 2 aliphatic rings. The largest absolute Gasteiger partial charge is 0.314 e. The summed E-state index contributed by atoms with van der Waals surface area (Å²) in [5.41, 5.74) is 0.371. The number of hydrogen-bond acceptors (Lipinski definition) is 4. The second-order valence-corrected chi connectivity index (χ2v) is 6.85. The van der Waals surface area contributed by atoms with E-state index in [9.17, 15) is 0 Å². The van der Waals surface area contributed by atoms with Crippen molar-refractivity contribution < 1.29 is 0 Å². The van der Waals surface area contributed by atoms with Gasteiger partial charge in [0.1, 0.15) is 0 Å². The van der Waals surface area contributed by atoms with Gasteiger partial charge in [0.05, 0.1) is 7.05 Å². The van der Waals surface area contributed by atoms with Gasteiger partial charge in [-0.15, -0.1) is 10.2 Å². The Morgan fingerprint density at radius 3 is 2.79 bits per heavy atom. The van der Waals surface area contributed by atoms with E-state index >= 15 is 0 Å². The van der Waals surface area contributed by atoms with Crippen molar-refractivity contribution in [3.8, 4) is 0 Å². The van der Waals surface area contributed by atoms with Gasteiger partial charge in [-0.05, 0) is 41.7 Å². The summed E-state index contributed by atoms with van der Waals surface area (Å²) in [5.74, 6) is 2.71. The molecule has 2 fully saturated rings. The number of rotatable bonds is 5. The summed E-state index contributed by atoms with van der Waals surface area (Å²) in [7, 11) is 1.84. The number of fused-ring (bicyclic) bond motifs is 2. The fraction of sp³-hybridized carbons (Fsp3) is 0.929. The van der Waals surface area contributed by atoms with Crippen molar-refractivity contribution in [2.24, 2.45) is 24.3 Å². The zero-order valence-electron chi connectivity index (χ0n) is 12.3. The molecule has 1 aromatic heterocycles. The lowest BCUT2D eigenvalue weighted by Crippen LogP contribution is -2.43. The number of tetrazole rings is 1. The Labute approximate surface area is 115 Å². The summed E-state index contributed by atoms with van der Waals surface area (Å²) in [6.45, 7) is 5.55. The Morgan fingerprint density at radius 2 is 2.26 bits per heavy atom. The van der Waals surface area contributed by atoms with Gasteiger partial charge in [-0.1, -0.05) is 20.3 Å². The van der Waals surface area contributed by atoms with Gasteiger partial charge in [-0.3, -0.25) is 0 Å². The van der Waals surface area contributed by atoms with E-state index in [1.54, 1.807) is 4.80 Å². The molecule has 0 saturated heterocycles. The molecule has 3 rings (SSSR count). The molecule has 2 bridgehead atoms. The van der Waals surface area contributed by atoms with Crippen LogP contribution in [0.1, 0.15) is 45.4 Å². The van der Waals surface area contributed by atoms with Crippen molar-refractivity contribution in [2.45, 2.75) is 52.0 Å². The highest BCUT2D eigenvalue weighted by Gasteiger charge is 2.51. The zero-order chi connectivity index (χ0) is 13.5. The highest BCUT2D eigenvalue weighted by atomic mass is 15.6. The van der Waals surface area contributed by atoms with E-state index in [-0.39, 0.29) is 0 Å². The van der Waals surface area contributed by atoms with Crippen LogP contribution in [-0.4, -0.2) is 32.8 Å². The maximum atomic E-state index is 4.40. The van der Waals surface area contributed by atoms with Crippen molar-refractivity contribution in [2.75, 3.05) is 6.54 Å². The van der Waals surface area contributed by atoms with Gasteiger partial charge >= 0.3 is 0 Å². The molecule has 106 valence electrons. The molecule has 19 heavy (non-hydrogen) atoms. The average molecular weight is 263 g/mol. The van der Waals surface area contributed by atoms with Gasteiger partial charge in [0.15, 0.2) is 5.82 Å². The molecule has 3 atom stereocenters. The van der Waals surface area contributed by atoms with Crippen LogP contribution < -0.4 is 5.32 Å². The van der Waals surface area contributed by atoms with Gasteiger partial charge in [0.2, 0.25) is 0 Å². The summed E-state index contributed by atoms with van der Waals surface area (Å²) in [6, 6.07) is 0.547. The van der Waals surface area contributed by atoms with Crippen molar-refractivity contribution in [3.63, 3.8) is 0 Å². The lowest BCUT2D eigenvalue weighted by atomic mass is 9.70. The molecule has 0 spiro atoms. The van der Waals surface area contributed by atoms with Crippen molar-refractivity contribution >= 4 is 0 Å². The van der Waals surface area contributed by atoms with E-state index in [4.69, 9.17) is 0 Å². The highest BCUT2D eigenvalue weighted by molar-refractivity contribution is 5.05. The first-order valence-electron chi connectivity index (χ1n) is 7.54. The SMILES string of the molecule is CC(C)NCC1(Cc2nnn(C)n2)CC2CCC1C2. The summed E-state index contributed by atoms with van der Waals surface area (Å²) in [6.07, 6.45) is 6.57. The summed E-state index contributed by atoms with van der Waals surface area (Å²) in [5, 5.41) is 16.2. The molecule has 0 aromatic carbocycles. The molecule has 1 N–H and O–H groups in total. The number of nitrogens with zero attached hydrogens (tertiary/aromatic N) is 4. The maximum absolute atomic E-state index is 4.40. The first-order chi connectivity index (χ1) is 9.07. The Balaban J connectivity index is 1.76. The number of nitrogens with one attached hydrogen (secondary N) is 1. The minimum atomic E-state index is 0.371. The molecule has 3 unspecified atom stereocenters. The predicted molar refractivity (Wildman–Crippen MR) is 73.5 cm³/mol. The standard InChI is InChI=1S/C14H25N5/c1-10(2)15-9-14(7-11-4-5-12(14)6-11)8-13-16-18-19(3)17-13/h10-12,15H,4-9H2,1-3H3. The van der Waals surface area contributed by atoms with Crippen molar-refractivity contribution in [1.82, 2.24) is 25.5 Å². The molecule has 0 aliphatic heterocycles. The first kappa shape index (κ1) is 13.0. The van der Waals surface area contributed by atoms with E-state index in [0.29, 0.717) is 11.5 Å². The molecular formula is C14H25N5. The van der Waals surface area contributed by atoms with E-state index in [1.165, 1.54) is 25.7 Å². The number of aromatic nitrogens is 4. The average Bonchev–Trinajstić information content (AvgIpc) is 3.03. The number of aryl methyl sites for hydroxylation is 1. The van der Waals surface area contributed by atoms with Gasteiger partial charge < -0.3 is 5.32 Å². The molecule has 0 radical (unpaired) electrons. The van der Waals surface area contributed by atoms with Gasteiger partial charge in [0.25, 0.3) is 0 Å².